The predicted octanol–water partition coefficient (Wildman–Crippen LogP) is 4.45. The first kappa shape index (κ1) is 17.6. The van der Waals surface area contributed by atoms with Gasteiger partial charge >= 0.3 is 0 Å². The molecule has 0 amide bonds. The third kappa shape index (κ3) is 5.41. The average Bonchev–Trinajstić information content (AvgIpc) is 3.19. The quantitative estimate of drug-likeness (QED) is 0.340. The van der Waals surface area contributed by atoms with Crippen LogP contribution in [0.1, 0.15) is 12.8 Å². The van der Waals surface area contributed by atoms with Crippen LogP contribution in [0.2, 0.25) is 0 Å². The highest BCUT2D eigenvalue weighted by Gasteiger charge is 2.00. The molecule has 26 heavy (non-hydrogen) atoms. The number of nitrogen functional groups attached to an aromatic ring is 1. The van der Waals surface area contributed by atoms with Crippen molar-refractivity contribution in [3.05, 3.63) is 72.9 Å². The van der Waals surface area contributed by atoms with Crippen molar-refractivity contribution in [1.29, 1.82) is 0 Å². The van der Waals surface area contributed by atoms with Gasteiger partial charge in [0.1, 0.15) is 11.5 Å². The van der Waals surface area contributed by atoms with Crippen LogP contribution in [0.3, 0.4) is 0 Å². The number of anilines is 1. The topological polar surface area (TPSA) is 73.2 Å². The Bertz CT molecular complexity index is 829. The van der Waals surface area contributed by atoms with Gasteiger partial charge in [0.2, 0.25) is 0 Å². The van der Waals surface area contributed by atoms with Crippen molar-refractivity contribution in [3.63, 3.8) is 0 Å². The molecule has 2 aromatic carbocycles. The molecule has 5 nitrogen and oxygen atoms in total. The maximum atomic E-state index is 5.80. The summed E-state index contributed by atoms with van der Waals surface area (Å²) in [6.45, 7) is 1.27. The Labute approximate surface area is 153 Å². The number of benzene rings is 2. The zero-order chi connectivity index (χ0) is 18.0. The molecule has 0 aliphatic carbocycles. The molecular weight excluding hydrogens is 326 g/mol. The lowest BCUT2D eigenvalue weighted by molar-refractivity contribution is 0.321. The van der Waals surface area contributed by atoms with Crippen LogP contribution >= 0.6 is 0 Å². The summed E-state index contributed by atoms with van der Waals surface area (Å²) in [6.07, 6.45) is 7.67. The van der Waals surface area contributed by atoms with Crippen molar-refractivity contribution in [1.82, 2.24) is 10.2 Å². The predicted molar refractivity (Wildman–Crippen MR) is 104 cm³/mol. The monoisotopic (exact) mass is 349 g/mol. The van der Waals surface area contributed by atoms with Gasteiger partial charge < -0.3 is 15.2 Å². The molecule has 134 valence electrons. The van der Waals surface area contributed by atoms with Gasteiger partial charge in [-0.05, 0) is 43.2 Å². The lowest BCUT2D eigenvalue weighted by Gasteiger charge is -2.06. The van der Waals surface area contributed by atoms with Crippen LogP contribution in [0.15, 0.2) is 72.9 Å². The number of H-pyrrole nitrogens is 1. The SMILES string of the molecule is Nc1cccc(OCC/C=C\CCOc2cccc(-c3ccn[nH]3)c2)c1. The number of nitrogens with two attached hydrogens (primary N) is 1. The molecule has 0 aliphatic rings. The number of hydrogen-bond donors (Lipinski definition) is 2. The van der Waals surface area contributed by atoms with Gasteiger partial charge in [-0.15, -0.1) is 0 Å². The number of hydrogen-bond acceptors (Lipinski definition) is 4. The van der Waals surface area contributed by atoms with Crippen molar-refractivity contribution in [2.24, 2.45) is 0 Å². The number of aromatic amines is 1. The summed E-state index contributed by atoms with van der Waals surface area (Å²) in [6, 6.07) is 17.4. The molecule has 1 heterocycles. The molecule has 1 aromatic heterocycles. The number of nitrogens with one attached hydrogen (secondary N) is 1. The van der Waals surface area contributed by atoms with E-state index in [1.54, 1.807) is 6.20 Å². The van der Waals surface area contributed by atoms with E-state index in [0.717, 1.165) is 35.6 Å². The summed E-state index contributed by atoms with van der Waals surface area (Å²) in [5.41, 5.74) is 8.48. The van der Waals surface area contributed by atoms with Gasteiger partial charge in [0, 0.05) is 23.5 Å². The first-order valence-corrected chi connectivity index (χ1v) is 8.67. The minimum absolute atomic E-state index is 0.632. The maximum absolute atomic E-state index is 5.80. The standard InChI is InChI=1S/C21H23N3O2/c22-18-8-6-10-20(16-18)26-14-4-2-1-3-13-25-19-9-5-7-17(15-19)21-11-12-23-24-21/h1-2,5-12,15-16H,3-4,13-14,22H2,(H,23,24)/b2-1-. The molecule has 0 atom stereocenters. The molecule has 0 spiro atoms. The Kier molecular flexibility index (Phi) is 6.31. The summed E-state index contributed by atoms with van der Waals surface area (Å²) < 4.78 is 11.4. The zero-order valence-electron chi connectivity index (χ0n) is 14.6. The molecule has 0 saturated carbocycles. The molecule has 3 rings (SSSR count). The average molecular weight is 349 g/mol. The van der Waals surface area contributed by atoms with E-state index >= 15 is 0 Å². The Morgan fingerprint density at radius 2 is 1.58 bits per heavy atom. The number of aromatic nitrogens is 2. The molecule has 5 heteroatoms. The Morgan fingerprint density at radius 3 is 2.23 bits per heavy atom. The van der Waals surface area contributed by atoms with Crippen molar-refractivity contribution >= 4 is 5.69 Å². The first-order chi connectivity index (χ1) is 12.8. The van der Waals surface area contributed by atoms with Gasteiger partial charge in [0.15, 0.2) is 0 Å². The fourth-order valence-electron chi connectivity index (χ4n) is 2.50. The van der Waals surface area contributed by atoms with Crippen molar-refractivity contribution in [2.45, 2.75) is 12.8 Å². The van der Waals surface area contributed by atoms with Crippen molar-refractivity contribution in [3.8, 4) is 22.8 Å². The molecule has 3 N–H and O–H groups in total. The summed E-state index contributed by atoms with van der Waals surface area (Å²) in [5, 5.41) is 6.93. The van der Waals surface area contributed by atoms with Gasteiger partial charge in [-0.3, -0.25) is 5.10 Å². The highest BCUT2D eigenvalue weighted by Crippen LogP contribution is 2.21. The van der Waals surface area contributed by atoms with Crippen molar-refractivity contribution in [2.75, 3.05) is 18.9 Å². The number of rotatable bonds is 9. The Hall–Kier alpha value is -3.21. The van der Waals surface area contributed by atoms with Crippen LogP contribution < -0.4 is 15.2 Å². The van der Waals surface area contributed by atoms with E-state index in [9.17, 15) is 0 Å². The first-order valence-electron chi connectivity index (χ1n) is 8.67. The van der Waals surface area contributed by atoms with E-state index in [1.165, 1.54) is 0 Å². The summed E-state index contributed by atoms with van der Waals surface area (Å²) in [5.74, 6) is 1.66. The van der Waals surface area contributed by atoms with E-state index in [1.807, 2.05) is 54.6 Å². The fourth-order valence-corrected chi connectivity index (χ4v) is 2.50. The van der Waals surface area contributed by atoms with E-state index in [2.05, 4.69) is 22.3 Å². The van der Waals surface area contributed by atoms with E-state index in [-0.39, 0.29) is 0 Å². The number of nitrogens with zero attached hydrogens (tertiary/aromatic N) is 1. The second-order valence-corrected chi connectivity index (χ2v) is 5.82. The van der Waals surface area contributed by atoms with Crippen LogP contribution in [-0.4, -0.2) is 23.4 Å². The highest BCUT2D eigenvalue weighted by molar-refractivity contribution is 5.60. The molecule has 0 aliphatic heterocycles. The summed E-state index contributed by atoms with van der Waals surface area (Å²) in [4.78, 5) is 0. The fraction of sp³-hybridized carbons (Fsp3) is 0.190. The van der Waals surface area contributed by atoms with Crippen LogP contribution in [-0.2, 0) is 0 Å². The van der Waals surface area contributed by atoms with Gasteiger partial charge in [-0.1, -0.05) is 30.4 Å². The van der Waals surface area contributed by atoms with Crippen LogP contribution in [0.25, 0.3) is 11.3 Å². The Morgan fingerprint density at radius 1 is 0.885 bits per heavy atom. The third-order valence-electron chi connectivity index (χ3n) is 3.78. The van der Waals surface area contributed by atoms with Gasteiger partial charge in [0.25, 0.3) is 0 Å². The van der Waals surface area contributed by atoms with E-state index < -0.39 is 0 Å². The second-order valence-electron chi connectivity index (χ2n) is 5.82. The smallest absolute Gasteiger partial charge is 0.121 e. The van der Waals surface area contributed by atoms with E-state index in [4.69, 9.17) is 15.2 Å². The van der Waals surface area contributed by atoms with Gasteiger partial charge in [-0.25, -0.2) is 0 Å². The van der Waals surface area contributed by atoms with Gasteiger partial charge in [0.05, 0.1) is 18.9 Å². The molecular formula is C21H23N3O2. The third-order valence-corrected chi connectivity index (χ3v) is 3.78. The summed E-state index contributed by atoms with van der Waals surface area (Å²) >= 11 is 0. The van der Waals surface area contributed by atoms with Gasteiger partial charge in [-0.2, -0.15) is 5.10 Å². The largest absolute Gasteiger partial charge is 0.493 e. The van der Waals surface area contributed by atoms with Crippen LogP contribution in [0.4, 0.5) is 5.69 Å². The minimum atomic E-state index is 0.632. The van der Waals surface area contributed by atoms with Crippen LogP contribution in [0.5, 0.6) is 11.5 Å². The highest BCUT2D eigenvalue weighted by atomic mass is 16.5. The summed E-state index contributed by atoms with van der Waals surface area (Å²) in [7, 11) is 0. The van der Waals surface area contributed by atoms with Crippen molar-refractivity contribution < 1.29 is 9.47 Å². The lowest BCUT2D eigenvalue weighted by atomic mass is 10.1. The Balaban J connectivity index is 1.34. The molecule has 0 saturated heterocycles. The lowest BCUT2D eigenvalue weighted by Crippen LogP contribution is -1.97. The molecule has 0 fully saturated rings. The number of ether oxygens (including phenoxy) is 2. The minimum Gasteiger partial charge on any atom is -0.493 e. The molecule has 0 unspecified atom stereocenters. The normalized spacial score (nSPS) is 10.9. The maximum Gasteiger partial charge on any atom is 0.121 e. The van der Waals surface area contributed by atoms with Crippen LogP contribution in [0, 0.1) is 0 Å². The molecule has 0 radical (unpaired) electrons. The zero-order valence-corrected chi connectivity index (χ0v) is 14.6. The molecule has 0 bridgehead atoms. The second kappa shape index (κ2) is 9.32. The van der Waals surface area contributed by atoms with E-state index in [0.29, 0.717) is 18.9 Å². The molecule has 3 aromatic rings.